The molecule has 0 unspecified atom stereocenters. The van der Waals surface area contributed by atoms with Crippen molar-refractivity contribution in [2.24, 2.45) is 0 Å². The predicted molar refractivity (Wildman–Crippen MR) is 41.8 cm³/mol. The van der Waals surface area contributed by atoms with Gasteiger partial charge in [-0.2, -0.15) is 0 Å². The Kier molecular flexibility index (Phi) is 6.15. The molecule has 66 valence electrons. The summed E-state index contributed by atoms with van der Waals surface area (Å²) in [6, 6.07) is 0. The Bertz CT molecular complexity index is 109. The Morgan fingerprint density at radius 2 is 1.64 bits per heavy atom. The summed E-state index contributed by atoms with van der Waals surface area (Å²) in [5, 5.41) is -0.940. The van der Waals surface area contributed by atoms with E-state index in [-0.39, 0.29) is 12.8 Å². The lowest BCUT2D eigenvalue weighted by Gasteiger charge is -2.16. The molecule has 0 aromatic rings. The lowest BCUT2D eigenvalue weighted by molar-refractivity contribution is -0.107. The van der Waals surface area contributed by atoms with E-state index in [1.807, 2.05) is 0 Å². The maximum absolute atomic E-state index is 9.84. The van der Waals surface area contributed by atoms with Crippen LogP contribution >= 0.6 is 16.8 Å². The largest absolute Gasteiger partial charge is 0.349 e. The van der Waals surface area contributed by atoms with Crippen molar-refractivity contribution in [1.29, 1.82) is 0 Å². The van der Waals surface area contributed by atoms with E-state index in [1.54, 1.807) is 0 Å². The van der Waals surface area contributed by atoms with Crippen molar-refractivity contribution < 1.29 is 24.4 Å². The first-order valence-corrected chi connectivity index (χ1v) is 5.50. The molecule has 0 aliphatic carbocycles. The standard InChI is InChI=1S/C4H10O5P2/c5-3-1-2-4(10(6)7)11(8)9/h3-4,6-9H,1-2H2. The highest BCUT2D eigenvalue weighted by Crippen LogP contribution is 2.51. The number of hydrogen-bond acceptors (Lipinski definition) is 5. The molecule has 0 spiro atoms. The van der Waals surface area contributed by atoms with Crippen molar-refractivity contribution in [2.75, 3.05) is 0 Å². The smallest absolute Gasteiger partial charge is 0.177 e. The third-order valence-corrected chi connectivity index (χ3v) is 3.90. The van der Waals surface area contributed by atoms with Crippen LogP contribution in [0, 0.1) is 0 Å². The summed E-state index contributed by atoms with van der Waals surface area (Å²) >= 11 is 0. The first-order chi connectivity index (χ1) is 5.09. The van der Waals surface area contributed by atoms with Crippen LogP contribution < -0.4 is 0 Å². The van der Waals surface area contributed by atoms with Crippen molar-refractivity contribution in [3.8, 4) is 0 Å². The molecule has 0 aromatic carbocycles. The van der Waals surface area contributed by atoms with Crippen molar-refractivity contribution in [2.45, 2.75) is 18.2 Å². The Balaban J connectivity index is 3.79. The van der Waals surface area contributed by atoms with Gasteiger partial charge in [-0.05, 0) is 6.42 Å². The lowest BCUT2D eigenvalue weighted by atomic mass is 10.4. The molecule has 0 aliphatic heterocycles. The zero-order chi connectivity index (χ0) is 8.85. The topological polar surface area (TPSA) is 98.0 Å². The number of carbonyl (C=O) groups is 1. The van der Waals surface area contributed by atoms with Gasteiger partial charge in [0.15, 0.2) is 16.8 Å². The van der Waals surface area contributed by atoms with Crippen LogP contribution in [0.2, 0.25) is 0 Å². The van der Waals surface area contributed by atoms with Crippen LogP contribution in [0.25, 0.3) is 0 Å². The molecule has 0 heterocycles. The van der Waals surface area contributed by atoms with Gasteiger partial charge in [0.2, 0.25) is 0 Å². The van der Waals surface area contributed by atoms with E-state index in [2.05, 4.69) is 0 Å². The molecule has 0 amide bonds. The van der Waals surface area contributed by atoms with E-state index in [1.165, 1.54) is 0 Å². The fourth-order valence-corrected chi connectivity index (χ4v) is 2.04. The summed E-state index contributed by atoms with van der Waals surface area (Å²) in [6.07, 6.45) is 0.830. The summed E-state index contributed by atoms with van der Waals surface area (Å²) in [6.45, 7) is 0. The summed E-state index contributed by atoms with van der Waals surface area (Å²) in [5.74, 6) is 0. The summed E-state index contributed by atoms with van der Waals surface area (Å²) < 4.78 is 0. The first-order valence-electron chi connectivity index (χ1n) is 2.87. The minimum absolute atomic E-state index is 0.112. The summed E-state index contributed by atoms with van der Waals surface area (Å²) in [5.41, 5.74) is 0. The van der Waals surface area contributed by atoms with Crippen molar-refractivity contribution in [3.63, 3.8) is 0 Å². The van der Waals surface area contributed by atoms with E-state index in [0.29, 0.717) is 6.29 Å². The second-order valence-electron chi connectivity index (χ2n) is 1.87. The molecule has 5 nitrogen and oxygen atoms in total. The Labute approximate surface area is 66.5 Å². The van der Waals surface area contributed by atoms with Crippen molar-refractivity contribution in [3.05, 3.63) is 0 Å². The normalized spacial score (nSPS) is 11.5. The maximum Gasteiger partial charge on any atom is 0.177 e. The van der Waals surface area contributed by atoms with Crippen molar-refractivity contribution >= 4 is 23.0 Å². The Morgan fingerprint density at radius 3 is 1.91 bits per heavy atom. The van der Waals surface area contributed by atoms with E-state index in [0.717, 1.165) is 0 Å². The van der Waals surface area contributed by atoms with Gasteiger partial charge >= 0.3 is 0 Å². The van der Waals surface area contributed by atoms with Gasteiger partial charge in [-0.1, -0.05) is 0 Å². The van der Waals surface area contributed by atoms with Gasteiger partial charge in [0.05, 0.1) is 5.40 Å². The molecular formula is C4H10O5P2. The van der Waals surface area contributed by atoms with Gasteiger partial charge in [0.25, 0.3) is 0 Å². The molecule has 0 aromatic heterocycles. The fourth-order valence-electron chi connectivity index (χ4n) is 0.540. The van der Waals surface area contributed by atoms with Gasteiger partial charge < -0.3 is 24.4 Å². The van der Waals surface area contributed by atoms with E-state index < -0.39 is 22.2 Å². The lowest BCUT2D eigenvalue weighted by Crippen LogP contribution is -2.02. The van der Waals surface area contributed by atoms with Crippen LogP contribution in [-0.2, 0) is 4.79 Å². The molecular weight excluding hydrogens is 190 g/mol. The zero-order valence-electron chi connectivity index (χ0n) is 5.66. The highest BCUT2D eigenvalue weighted by Gasteiger charge is 2.25. The Hall–Kier alpha value is 0.370. The SMILES string of the molecule is O=CCCC(P(O)O)P(O)O. The molecule has 0 rings (SSSR count). The number of rotatable bonds is 5. The predicted octanol–water partition coefficient (Wildman–Crippen LogP) is -0.115. The Morgan fingerprint density at radius 1 is 1.18 bits per heavy atom. The van der Waals surface area contributed by atoms with Crippen LogP contribution in [0.3, 0.4) is 0 Å². The average Bonchev–Trinajstić information content (AvgIpc) is 1.87. The third-order valence-electron chi connectivity index (χ3n) is 1.08. The molecule has 0 saturated heterocycles. The highest BCUT2D eigenvalue weighted by atomic mass is 31.2. The van der Waals surface area contributed by atoms with Gasteiger partial charge in [-0.25, -0.2) is 0 Å². The van der Waals surface area contributed by atoms with Gasteiger partial charge in [0.1, 0.15) is 6.29 Å². The van der Waals surface area contributed by atoms with Gasteiger partial charge in [0, 0.05) is 6.42 Å². The minimum Gasteiger partial charge on any atom is -0.349 e. The average molecular weight is 200 g/mol. The van der Waals surface area contributed by atoms with Crippen LogP contribution in [0.15, 0.2) is 0 Å². The summed E-state index contributed by atoms with van der Waals surface area (Å²) in [4.78, 5) is 44.3. The van der Waals surface area contributed by atoms with E-state index >= 15 is 0 Å². The van der Waals surface area contributed by atoms with Crippen molar-refractivity contribution in [1.82, 2.24) is 0 Å². The minimum atomic E-state index is -2.35. The third kappa shape index (κ3) is 4.75. The number of aldehydes is 1. The maximum atomic E-state index is 9.84. The molecule has 0 fully saturated rings. The molecule has 0 bridgehead atoms. The van der Waals surface area contributed by atoms with Gasteiger partial charge in [-0.15, -0.1) is 0 Å². The van der Waals surface area contributed by atoms with E-state index in [4.69, 9.17) is 19.6 Å². The van der Waals surface area contributed by atoms with Crippen LogP contribution in [0.5, 0.6) is 0 Å². The second-order valence-corrected chi connectivity index (χ2v) is 4.80. The van der Waals surface area contributed by atoms with Gasteiger partial charge in [-0.3, -0.25) is 0 Å². The zero-order valence-corrected chi connectivity index (χ0v) is 7.45. The molecule has 0 atom stereocenters. The molecule has 0 aliphatic rings. The molecule has 0 radical (unpaired) electrons. The molecule has 4 N–H and O–H groups in total. The highest BCUT2D eigenvalue weighted by molar-refractivity contribution is 7.64. The quantitative estimate of drug-likeness (QED) is 0.366. The number of carbonyl (C=O) groups excluding carboxylic acids is 1. The second kappa shape index (κ2) is 5.95. The van der Waals surface area contributed by atoms with Crippen LogP contribution in [0.4, 0.5) is 0 Å². The fraction of sp³-hybridized carbons (Fsp3) is 0.750. The molecule has 7 heteroatoms. The molecule has 0 saturated carbocycles. The molecule has 11 heavy (non-hydrogen) atoms. The first kappa shape index (κ1) is 11.4. The number of hydrogen-bond donors (Lipinski definition) is 4. The monoisotopic (exact) mass is 200 g/mol. The van der Waals surface area contributed by atoms with Crippen LogP contribution in [-0.4, -0.2) is 31.3 Å². The van der Waals surface area contributed by atoms with E-state index in [9.17, 15) is 4.79 Å². The van der Waals surface area contributed by atoms with Crippen LogP contribution in [0.1, 0.15) is 12.8 Å². The summed E-state index contributed by atoms with van der Waals surface area (Å²) in [7, 11) is -4.69.